The molecule has 0 aromatic heterocycles. The number of allylic oxidation sites excluding steroid dienone is 1. The molecule has 16 heavy (non-hydrogen) atoms. The van der Waals surface area contributed by atoms with Crippen molar-refractivity contribution in [1.29, 1.82) is 0 Å². The van der Waals surface area contributed by atoms with Crippen LogP contribution < -0.4 is 0 Å². The van der Waals surface area contributed by atoms with Crippen molar-refractivity contribution in [2.24, 2.45) is 5.41 Å². The highest BCUT2D eigenvalue weighted by Crippen LogP contribution is 2.81. The Morgan fingerprint density at radius 2 is 1.88 bits per heavy atom. The molecule has 2 bridgehead atoms. The molecule has 0 radical (unpaired) electrons. The molecule has 0 amide bonds. The Morgan fingerprint density at radius 3 is 2.25 bits per heavy atom. The van der Waals surface area contributed by atoms with Crippen LogP contribution in [0.15, 0.2) is 22.8 Å². The van der Waals surface area contributed by atoms with Gasteiger partial charge in [-0.25, -0.2) is 8.42 Å². The zero-order chi connectivity index (χ0) is 12.1. The second-order valence-electron chi connectivity index (χ2n) is 5.21. The van der Waals surface area contributed by atoms with Crippen molar-refractivity contribution in [2.45, 2.75) is 30.5 Å². The predicted molar refractivity (Wildman–Crippen MR) is 51.2 cm³/mol. The molecule has 2 nitrogen and oxygen atoms in total. The first-order chi connectivity index (χ1) is 7.06. The van der Waals surface area contributed by atoms with E-state index >= 15 is 0 Å². The lowest BCUT2D eigenvalue weighted by atomic mass is 9.80. The zero-order valence-corrected chi connectivity index (χ0v) is 9.46. The topological polar surface area (TPSA) is 34.1 Å². The standard InChI is InChI=1S/C10H9F3O2S/c1-8(2)3-5-7-6(4-8)9(5,7)16(14,15)10(11,12)13/h3H,4H2,1-2H3/t9-/m1/s1. The van der Waals surface area contributed by atoms with Gasteiger partial charge in [-0.05, 0) is 28.6 Å². The smallest absolute Gasteiger partial charge is 0.218 e. The summed E-state index contributed by atoms with van der Waals surface area (Å²) in [5.41, 5.74) is -4.07. The number of alkyl halides is 3. The molecule has 4 aliphatic rings. The molecule has 1 atom stereocenters. The molecule has 0 N–H and O–H groups in total. The molecule has 1 saturated carbocycles. The molecule has 6 heteroatoms. The maximum Gasteiger partial charge on any atom is 0.498 e. The molecule has 0 unspecified atom stereocenters. The molecule has 88 valence electrons. The number of hydrogen-bond donors (Lipinski definition) is 0. The van der Waals surface area contributed by atoms with Gasteiger partial charge in [-0.1, -0.05) is 19.9 Å². The quantitative estimate of drug-likeness (QED) is 0.715. The highest BCUT2D eigenvalue weighted by molar-refractivity contribution is 7.95. The lowest BCUT2D eigenvalue weighted by Crippen LogP contribution is -2.35. The minimum Gasteiger partial charge on any atom is -0.218 e. The Labute approximate surface area is 90.7 Å². The monoisotopic (exact) mass is 250 g/mol. The van der Waals surface area contributed by atoms with Crippen LogP contribution in [0, 0.1) is 5.41 Å². The lowest BCUT2D eigenvalue weighted by molar-refractivity contribution is -0.0440. The number of halogens is 3. The minimum absolute atomic E-state index is 0.213. The first-order valence-corrected chi connectivity index (χ1v) is 6.33. The number of fused-ring (bicyclic) bond motifs is 2. The van der Waals surface area contributed by atoms with Crippen LogP contribution >= 0.6 is 0 Å². The number of hydrogen-bond acceptors (Lipinski definition) is 2. The van der Waals surface area contributed by atoms with E-state index in [0.717, 1.165) is 0 Å². The van der Waals surface area contributed by atoms with E-state index in [1.165, 1.54) is 0 Å². The van der Waals surface area contributed by atoms with E-state index in [9.17, 15) is 21.6 Å². The van der Waals surface area contributed by atoms with Gasteiger partial charge in [-0.3, -0.25) is 0 Å². The van der Waals surface area contributed by atoms with Crippen LogP contribution in [-0.2, 0) is 9.84 Å². The summed E-state index contributed by atoms with van der Waals surface area (Å²) >= 11 is 0. The summed E-state index contributed by atoms with van der Waals surface area (Å²) < 4.78 is 58.5. The fourth-order valence-electron chi connectivity index (χ4n) is 2.76. The van der Waals surface area contributed by atoms with E-state index in [-0.39, 0.29) is 5.41 Å². The molecule has 0 aliphatic heterocycles. The highest BCUT2D eigenvalue weighted by atomic mass is 32.2. The molecule has 4 rings (SSSR count). The number of rotatable bonds is 1. The van der Waals surface area contributed by atoms with Gasteiger partial charge < -0.3 is 0 Å². The van der Waals surface area contributed by atoms with Gasteiger partial charge in [0, 0.05) is 0 Å². The van der Waals surface area contributed by atoms with Crippen LogP contribution in [0.2, 0.25) is 0 Å². The van der Waals surface area contributed by atoms with E-state index in [1.807, 2.05) is 13.8 Å². The molecule has 0 heterocycles. The second kappa shape index (κ2) is 2.12. The fourth-order valence-corrected chi connectivity index (χ4v) is 4.45. The maximum absolute atomic E-state index is 12.5. The van der Waals surface area contributed by atoms with Crippen LogP contribution in [0.25, 0.3) is 0 Å². The molecule has 0 aromatic rings. The number of sulfone groups is 1. The van der Waals surface area contributed by atoms with Crippen molar-refractivity contribution in [3.05, 3.63) is 22.8 Å². The molecule has 0 aromatic carbocycles. The maximum atomic E-state index is 12.5. The van der Waals surface area contributed by atoms with Gasteiger partial charge in [0.2, 0.25) is 0 Å². The minimum atomic E-state index is -5.16. The fraction of sp³-hybridized carbons (Fsp3) is 0.600. The van der Waals surface area contributed by atoms with Crippen LogP contribution in [0.1, 0.15) is 20.3 Å². The Balaban J connectivity index is 2.07. The molecule has 4 aliphatic carbocycles. The molecular formula is C10H9F3O2S. The van der Waals surface area contributed by atoms with Crippen molar-refractivity contribution in [3.8, 4) is 0 Å². The van der Waals surface area contributed by atoms with Gasteiger partial charge in [0.1, 0.15) is 0 Å². The third-order valence-corrected chi connectivity index (χ3v) is 5.56. The Morgan fingerprint density at radius 1 is 1.31 bits per heavy atom. The van der Waals surface area contributed by atoms with Gasteiger partial charge in [-0.2, -0.15) is 13.2 Å². The van der Waals surface area contributed by atoms with E-state index in [0.29, 0.717) is 23.1 Å². The van der Waals surface area contributed by atoms with Gasteiger partial charge >= 0.3 is 5.51 Å². The Bertz CT molecular complexity index is 578. The average Bonchev–Trinajstić information content (AvgIpc) is 2.88. The summed E-state index contributed by atoms with van der Waals surface area (Å²) in [5.74, 6) is 0. The summed E-state index contributed by atoms with van der Waals surface area (Å²) in [7, 11) is -5.08. The summed E-state index contributed by atoms with van der Waals surface area (Å²) in [6.07, 6.45) is 2.08. The van der Waals surface area contributed by atoms with Crippen LogP contribution in [0.4, 0.5) is 13.2 Å². The molecule has 0 spiro atoms. The van der Waals surface area contributed by atoms with Crippen LogP contribution in [-0.4, -0.2) is 18.7 Å². The highest BCUT2D eigenvalue weighted by Gasteiger charge is 2.86. The van der Waals surface area contributed by atoms with Crippen molar-refractivity contribution in [3.63, 3.8) is 0 Å². The second-order valence-corrected chi connectivity index (χ2v) is 7.29. The van der Waals surface area contributed by atoms with Crippen molar-refractivity contribution in [1.82, 2.24) is 0 Å². The Kier molecular flexibility index (Phi) is 1.38. The van der Waals surface area contributed by atoms with Gasteiger partial charge in [0.15, 0.2) is 4.75 Å². The summed E-state index contributed by atoms with van der Waals surface area (Å²) in [4.78, 5) is 0. The zero-order valence-electron chi connectivity index (χ0n) is 8.64. The summed E-state index contributed by atoms with van der Waals surface area (Å²) in [6, 6.07) is 0. The third kappa shape index (κ3) is 0.815. The van der Waals surface area contributed by atoms with Crippen molar-refractivity contribution >= 4 is 9.84 Å². The van der Waals surface area contributed by atoms with Gasteiger partial charge in [0.05, 0.1) is 0 Å². The van der Waals surface area contributed by atoms with E-state index in [4.69, 9.17) is 0 Å². The van der Waals surface area contributed by atoms with E-state index in [2.05, 4.69) is 0 Å². The van der Waals surface area contributed by atoms with Gasteiger partial charge in [-0.15, -0.1) is 0 Å². The van der Waals surface area contributed by atoms with E-state index < -0.39 is 20.1 Å². The predicted octanol–water partition coefficient (Wildman–Crippen LogP) is 2.34. The normalized spacial score (nSPS) is 34.4. The summed E-state index contributed by atoms with van der Waals surface area (Å²) in [6.45, 7) is 3.78. The molecular weight excluding hydrogens is 241 g/mol. The first-order valence-electron chi connectivity index (χ1n) is 4.84. The lowest BCUT2D eigenvalue weighted by Gasteiger charge is -2.28. The largest absolute Gasteiger partial charge is 0.498 e. The van der Waals surface area contributed by atoms with Crippen molar-refractivity contribution < 1.29 is 21.6 Å². The van der Waals surface area contributed by atoms with Gasteiger partial charge in [0.25, 0.3) is 9.84 Å². The SMILES string of the molecule is CC1(C)C=C2C3=C(C1)[C@]23S(=O)(=O)C(F)(F)F. The van der Waals surface area contributed by atoms with Crippen LogP contribution in [0.5, 0.6) is 0 Å². The van der Waals surface area contributed by atoms with Crippen LogP contribution in [0.3, 0.4) is 0 Å². The first kappa shape index (κ1) is 10.4. The molecule has 1 fully saturated rings. The Hall–Kier alpha value is -0.780. The van der Waals surface area contributed by atoms with Crippen molar-refractivity contribution in [2.75, 3.05) is 0 Å². The molecule has 0 saturated heterocycles. The average molecular weight is 250 g/mol. The third-order valence-electron chi connectivity index (χ3n) is 3.48. The van der Waals surface area contributed by atoms with E-state index in [1.54, 1.807) is 6.08 Å². The summed E-state index contributed by atoms with van der Waals surface area (Å²) in [5, 5.41) is 0.